The second-order valence-electron chi connectivity index (χ2n) is 5.15. The molecule has 0 amide bonds. The summed E-state index contributed by atoms with van der Waals surface area (Å²) in [7, 11) is 0. The Morgan fingerprint density at radius 1 is 1.31 bits per heavy atom. The number of hydrogen-bond donors (Lipinski definition) is 2. The molecule has 0 fully saturated rings. The number of imidazole rings is 1. The minimum absolute atomic E-state index is 0.118. The van der Waals surface area contributed by atoms with Crippen molar-refractivity contribution in [3.63, 3.8) is 0 Å². The van der Waals surface area contributed by atoms with Crippen LogP contribution in [-0.2, 0) is 9.59 Å². The van der Waals surface area contributed by atoms with Crippen LogP contribution in [0, 0.1) is 0 Å². The van der Waals surface area contributed by atoms with Crippen molar-refractivity contribution in [2.24, 2.45) is 0 Å². The third-order valence-electron chi connectivity index (χ3n) is 3.42. The fraction of sp³-hybridized carbons (Fsp3) is 0.176. The largest absolute Gasteiger partial charge is 0.478 e. The maximum Gasteiger partial charge on any atom is 0.328 e. The summed E-state index contributed by atoms with van der Waals surface area (Å²) in [4.78, 5) is 23.2. The van der Waals surface area contributed by atoms with Crippen molar-refractivity contribution in [2.75, 3.05) is 0 Å². The highest BCUT2D eigenvalue weighted by Gasteiger charge is 2.19. The molecule has 8 nitrogen and oxygen atoms in total. The summed E-state index contributed by atoms with van der Waals surface area (Å²) in [6.45, 7) is 2.11. The van der Waals surface area contributed by atoms with Crippen LogP contribution in [0.3, 0.4) is 0 Å². The zero-order chi connectivity index (χ0) is 19.1. The molecule has 0 saturated heterocycles. The van der Waals surface area contributed by atoms with E-state index in [0.29, 0.717) is 17.2 Å². The Hall–Kier alpha value is -3.13. The van der Waals surface area contributed by atoms with E-state index in [1.165, 1.54) is 0 Å². The van der Waals surface area contributed by atoms with E-state index < -0.39 is 11.9 Å². The molecule has 0 radical (unpaired) electrons. The molecule has 0 aliphatic carbocycles. The maximum atomic E-state index is 9.55. The molecule has 9 heteroatoms. The summed E-state index contributed by atoms with van der Waals surface area (Å²) in [5.74, 6) is -2.51. The molecule has 2 heterocycles. The van der Waals surface area contributed by atoms with Crippen molar-refractivity contribution in [1.29, 1.82) is 0 Å². The lowest BCUT2D eigenvalue weighted by molar-refractivity contribution is -0.134. The number of halogens is 1. The van der Waals surface area contributed by atoms with Crippen molar-refractivity contribution in [1.82, 2.24) is 14.7 Å². The van der Waals surface area contributed by atoms with Gasteiger partial charge in [-0.25, -0.2) is 14.6 Å². The van der Waals surface area contributed by atoms with Crippen molar-refractivity contribution in [3.8, 4) is 0 Å². The zero-order valence-electron chi connectivity index (χ0n) is 13.7. The summed E-state index contributed by atoms with van der Waals surface area (Å²) in [5.41, 5.74) is 1.65. The van der Waals surface area contributed by atoms with Crippen LogP contribution in [0.1, 0.15) is 25.1 Å². The molecule has 2 N–H and O–H groups in total. The molecular formula is C17H16ClN3O5. The van der Waals surface area contributed by atoms with Crippen LogP contribution < -0.4 is 0 Å². The van der Waals surface area contributed by atoms with Crippen molar-refractivity contribution in [2.45, 2.75) is 19.4 Å². The molecule has 1 atom stereocenters. The molecule has 1 aromatic carbocycles. The minimum Gasteiger partial charge on any atom is -0.478 e. The van der Waals surface area contributed by atoms with Gasteiger partial charge in [0.2, 0.25) is 0 Å². The van der Waals surface area contributed by atoms with Gasteiger partial charge in [0.25, 0.3) is 0 Å². The fourth-order valence-electron chi connectivity index (χ4n) is 2.31. The maximum absolute atomic E-state index is 9.55. The quantitative estimate of drug-likeness (QED) is 0.654. The van der Waals surface area contributed by atoms with Crippen LogP contribution >= 0.6 is 11.6 Å². The van der Waals surface area contributed by atoms with E-state index >= 15 is 0 Å². The summed E-state index contributed by atoms with van der Waals surface area (Å²) >= 11 is 6.03. The molecular weight excluding hydrogens is 362 g/mol. The minimum atomic E-state index is -1.26. The van der Waals surface area contributed by atoms with E-state index in [9.17, 15) is 9.59 Å². The molecule has 26 heavy (non-hydrogen) atoms. The zero-order valence-corrected chi connectivity index (χ0v) is 14.5. The van der Waals surface area contributed by atoms with Crippen molar-refractivity contribution in [3.05, 3.63) is 59.8 Å². The highest BCUT2D eigenvalue weighted by molar-refractivity contribution is 6.31. The summed E-state index contributed by atoms with van der Waals surface area (Å²) in [6, 6.07) is 5.65. The number of hydrogen-bond acceptors (Lipinski definition) is 5. The normalized spacial score (nSPS) is 11.9. The average Bonchev–Trinajstić information content (AvgIpc) is 3.25. The number of carbonyl (C=O) groups is 2. The van der Waals surface area contributed by atoms with E-state index in [1.54, 1.807) is 18.6 Å². The SMILES string of the molecule is CCC(c1noc2ccc(Cl)cc12)n1ccnc1.O=C(O)C=CC(=O)O. The van der Waals surface area contributed by atoms with Crippen LogP contribution in [-0.4, -0.2) is 36.9 Å². The Kier molecular flexibility index (Phi) is 6.51. The van der Waals surface area contributed by atoms with Crippen molar-refractivity contribution >= 4 is 34.5 Å². The summed E-state index contributed by atoms with van der Waals surface area (Å²) < 4.78 is 7.37. The van der Waals surface area contributed by atoms with E-state index in [0.717, 1.165) is 23.1 Å². The van der Waals surface area contributed by atoms with Gasteiger partial charge in [0.1, 0.15) is 5.69 Å². The molecule has 3 aromatic rings. The van der Waals surface area contributed by atoms with E-state index in [2.05, 4.69) is 17.1 Å². The molecule has 0 saturated carbocycles. The van der Waals surface area contributed by atoms with Crippen LogP contribution in [0.4, 0.5) is 0 Å². The molecule has 1 unspecified atom stereocenters. The summed E-state index contributed by atoms with van der Waals surface area (Å²) in [5, 5.41) is 21.5. The number of rotatable bonds is 5. The van der Waals surface area contributed by atoms with Gasteiger partial charge in [-0.2, -0.15) is 0 Å². The first kappa shape index (κ1) is 19.2. The first-order chi connectivity index (χ1) is 12.4. The van der Waals surface area contributed by atoms with E-state index in [-0.39, 0.29) is 6.04 Å². The predicted octanol–water partition coefficient (Wildman–Crippen LogP) is 3.39. The predicted molar refractivity (Wildman–Crippen MR) is 94.1 cm³/mol. The van der Waals surface area contributed by atoms with Crippen LogP contribution in [0.2, 0.25) is 5.02 Å². The number of aliphatic carboxylic acids is 2. The van der Waals surface area contributed by atoms with Gasteiger partial charge >= 0.3 is 11.9 Å². The number of benzene rings is 1. The van der Waals surface area contributed by atoms with Crippen LogP contribution in [0.15, 0.2) is 53.6 Å². The van der Waals surface area contributed by atoms with Crippen molar-refractivity contribution < 1.29 is 24.3 Å². The molecule has 0 bridgehead atoms. The van der Waals surface area contributed by atoms with Gasteiger partial charge in [-0.3, -0.25) is 0 Å². The molecule has 0 aliphatic rings. The number of fused-ring (bicyclic) bond motifs is 1. The lowest BCUT2D eigenvalue weighted by atomic mass is 10.1. The molecule has 136 valence electrons. The van der Waals surface area contributed by atoms with Gasteiger partial charge in [0.05, 0.1) is 12.4 Å². The van der Waals surface area contributed by atoms with Gasteiger partial charge in [-0.15, -0.1) is 0 Å². The lowest BCUT2D eigenvalue weighted by Gasteiger charge is -2.13. The number of carboxylic acids is 2. The Labute approximate surface area is 153 Å². The first-order valence-corrected chi connectivity index (χ1v) is 7.96. The molecule has 0 spiro atoms. The molecule has 3 rings (SSSR count). The third kappa shape index (κ3) is 4.93. The highest BCUT2D eigenvalue weighted by atomic mass is 35.5. The number of aromatic nitrogens is 3. The monoisotopic (exact) mass is 377 g/mol. The molecule has 0 aliphatic heterocycles. The smallest absolute Gasteiger partial charge is 0.328 e. The average molecular weight is 378 g/mol. The second-order valence-corrected chi connectivity index (χ2v) is 5.59. The second kappa shape index (κ2) is 8.82. The van der Waals surface area contributed by atoms with Crippen LogP contribution in [0.5, 0.6) is 0 Å². The first-order valence-electron chi connectivity index (χ1n) is 7.58. The third-order valence-corrected chi connectivity index (χ3v) is 3.65. The Morgan fingerprint density at radius 3 is 2.54 bits per heavy atom. The fourth-order valence-corrected chi connectivity index (χ4v) is 2.48. The lowest BCUT2D eigenvalue weighted by Crippen LogP contribution is -2.08. The van der Waals surface area contributed by atoms with Crippen LogP contribution in [0.25, 0.3) is 11.0 Å². The highest BCUT2D eigenvalue weighted by Crippen LogP contribution is 2.30. The summed E-state index contributed by atoms with van der Waals surface area (Å²) in [6.07, 6.45) is 7.51. The Bertz CT molecular complexity index is 902. The molecule has 2 aromatic heterocycles. The number of nitrogens with zero attached hydrogens (tertiary/aromatic N) is 3. The Morgan fingerprint density at radius 2 is 2.00 bits per heavy atom. The van der Waals surface area contributed by atoms with E-state index in [1.807, 2.05) is 22.9 Å². The van der Waals surface area contributed by atoms with Gasteiger partial charge in [0, 0.05) is 35.0 Å². The standard InChI is InChI=1S/C13H12ClN3O.C4H4O4/c1-2-11(17-6-5-15-8-17)13-10-7-9(14)3-4-12(10)18-16-13;5-3(6)1-2-4(7)8/h3-8,11H,2H2,1H3;1-2H,(H,5,6)(H,7,8). The van der Waals surface area contributed by atoms with Gasteiger partial charge in [-0.1, -0.05) is 23.7 Å². The van der Waals surface area contributed by atoms with E-state index in [4.69, 9.17) is 26.3 Å². The van der Waals surface area contributed by atoms with Gasteiger partial charge in [0.15, 0.2) is 5.58 Å². The topological polar surface area (TPSA) is 118 Å². The van der Waals surface area contributed by atoms with Gasteiger partial charge in [-0.05, 0) is 24.6 Å². The Balaban J connectivity index is 0.000000260. The number of carboxylic acid groups (broad SMARTS) is 2. The van der Waals surface area contributed by atoms with Gasteiger partial charge < -0.3 is 19.3 Å².